The quantitative estimate of drug-likeness (QED) is 0.708. The highest BCUT2D eigenvalue weighted by Gasteiger charge is 2.46. The summed E-state index contributed by atoms with van der Waals surface area (Å²) in [6.07, 6.45) is 5.69. The van der Waals surface area contributed by atoms with Crippen LogP contribution in [0.5, 0.6) is 0 Å². The number of fused-ring (bicyclic) bond motifs is 1. The molecule has 0 amide bonds. The predicted octanol–water partition coefficient (Wildman–Crippen LogP) is 1.18. The molecule has 1 saturated heterocycles. The second-order valence-electron chi connectivity index (χ2n) is 6.15. The van der Waals surface area contributed by atoms with Crippen molar-refractivity contribution in [3.8, 4) is 11.8 Å². The molecule has 0 aromatic rings. The van der Waals surface area contributed by atoms with Gasteiger partial charge in [0.05, 0.1) is 6.54 Å². The van der Waals surface area contributed by atoms with E-state index in [4.69, 9.17) is 0 Å². The highest BCUT2D eigenvalue weighted by molar-refractivity contribution is 5.20. The molecule has 18 heavy (non-hydrogen) atoms. The van der Waals surface area contributed by atoms with Gasteiger partial charge in [-0.2, -0.15) is 0 Å². The van der Waals surface area contributed by atoms with Gasteiger partial charge in [-0.25, -0.2) is 0 Å². The van der Waals surface area contributed by atoms with E-state index < -0.39 is 5.60 Å². The molecular weight excluding hydrogens is 224 g/mol. The van der Waals surface area contributed by atoms with E-state index in [1.165, 1.54) is 19.3 Å². The molecule has 0 radical (unpaired) electrons. The highest BCUT2D eigenvalue weighted by atomic mass is 16.3. The molecule has 0 spiro atoms. The van der Waals surface area contributed by atoms with Gasteiger partial charge in [0.15, 0.2) is 0 Å². The van der Waals surface area contributed by atoms with Crippen LogP contribution in [0.3, 0.4) is 0 Å². The van der Waals surface area contributed by atoms with Gasteiger partial charge in [0.1, 0.15) is 5.60 Å². The van der Waals surface area contributed by atoms with E-state index >= 15 is 0 Å². The zero-order chi connectivity index (χ0) is 13.2. The van der Waals surface area contributed by atoms with Crippen molar-refractivity contribution in [3.05, 3.63) is 0 Å². The zero-order valence-electron chi connectivity index (χ0n) is 11.9. The van der Waals surface area contributed by atoms with Crippen molar-refractivity contribution in [2.45, 2.75) is 43.7 Å². The maximum Gasteiger partial charge on any atom is 0.131 e. The summed E-state index contributed by atoms with van der Waals surface area (Å²) in [5.74, 6) is 6.68. The van der Waals surface area contributed by atoms with E-state index in [1.54, 1.807) is 0 Å². The Hall–Kier alpha value is -0.560. The summed E-state index contributed by atoms with van der Waals surface area (Å²) in [7, 11) is 6.21. The Labute approximate surface area is 111 Å². The molecule has 102 valence electrons. The summed E-state index contributed by atoms with van der Waals surface area (Å²) in [4.78, 5) is 4.47. The van der Waals surface area contributed by atoms with Crippen molar-refractivity contribution in [1.29, 1.82) is 0 Å². The first kappa shape index (κ1) is 13.9. The van der Waals surface area contributed by atoms with E-state index in [-0.39, 0.29) is 0 Å². The van der Waals surface area contributed by atoms with Crippen LogP contribution in [0, 0.1) is 17.8 Å². The molecule has 0 unspecified atom stereocenters. The summed E-state index contributed by atoms with van der Waals surface area (Å²) in [5.41, 5.74) is -0.742. The molecule has 3 nitrogen and oxygen atoms in total. The lowest BCUT2D eigenvalue weighted by Gasteiger charge is -2.49. The molecule has 1 aliphatic carbocycles. The van der Waals surface area contributed by atoms with Gasteiger partial charge in [-0.15, -0.1) is 0 Å². The van der Waals surface area contributed by atoms with Crippen LogP contribution in [-0.2, 0) is 0 Å². The van der Waals surface area contributed by atoms with Crippen LogP contribution in [0.2, 0.25) is 0 Å². The number of piperidine rings is 1. The largest absolute Gasteiger partial charge is 0.377 e. The Kier molecular flexibility index (Phi) is 4.32. The fourth-order valence-electron chi connectivity index (χ4n) is 3.40. The average molecular weight is 250 g/mol. The normalized spacial score (nSPS) is 36.9. The van der Waals surface area contributed by atoms with Crippen molar-refractivity contribution in [2.75, 3.05) is 34.2 Å². The smallest absolute Gasteiger partial charge is 0.131 e. The van der Waals surface area contributed by atoms with Crippen LogP contribution in [0.15, 0.2) is 0 Å². The molecule has 0 aromatic heterocycles. The third-order valence-corrected chi connectivity index (χ3v) is 4.45. The first-order valence-electron chi connectivity index (χ1n) is 7.10. The van der Waals surface area contributed by atoms with Crippen molar-refractivity contribution < 1.29 is 5.11 Å². The minimum Gasteiger partial charge on any atom is -0.377 e. The Morgan fingerprint density at radius 3 is 2.78 bits per heavy atom. The van der Waals surface area contributed by atoms with Crippen LogP contribution >= 0.6 is 0 Å². The fourth-order valence-corrected chi connectivity index (χ4v) is 3.40. The molecule has 1 aliphatic heterocycles. The SMILES string of the molecule is CN(C)CC#C[C@]1(O)CCN(C)[C@H]2CCCC[C@@H]21. The Balaban J connectivity index is 2.12. The number of rotatable bonds is 1. The summed E-state index contributed by atoms with van der Waals surface area (Å²) in [5, 5.41) is 10.9. The van der Waals surface area contributed by atoms with Crippen molar-refractivity contribution in [3.63, 3.8) is 0 Å². The van der Waals surface area contributed by atoms with Gasteiger partial charge in [0.2, 0.25) is 0 Å². The summed E-state index contributed by atoms with van der Waals surface area (Å²) in [6, 6.07) is 0.533. The van der Waals surface area contributed by atoms with Crippen LogP contribution < -0.4 is 0 Å². The Morgan fingerprint density at radius 1 is 1.33 bits per heavy atom. The predicted molar refractivity (Wildman–Crippen MR) is 74.3 cm³/mol. The number of likely N-dealkylation sites (tertiary alicyclic amines) is 1. The van der Waals surface area contributed by atoms with Crippen molar-refractivity contribution in [1.82, 2.24) is 9.80 Å². The van der Waals surface area contributed by atoms with Crippen molar-refractivity contribution >= 4 is 0 Å². The molecule has 1 saturated carbocycles. The zero-order valence-corrected chi connectivity index (χ0v) is 11.9. The topological polar surface area (TPSA) is 26.7 Å². The minimum absolute atomic E-state index is 0.347. The van der Waals surface area contributed by atoms with Crippen LogP contribution in [-0.4, -0.2) is 60.8 Å². The van der Waals surface area contributed by atoms with Gasteiger partial charge >= 0.3 is 0 Å². The van der Waals surface area contributed by atoms with Crippen LogP contribution in [0.25, 0.3) is 0 Å². The van der Waals surface area contributed by atoms with Crippen molar-refractivity contribution in [2.24, 2.45) is 5.92 Å². The van der Waals surface area contributed by atoms with E-state index in [1.807, 2.05) is 19.0 Å². The first-order valence-corrected chi connectivity index (χ1v) is 7.10. The van der Waals surface area contributed by atoms with Gasteiger partial charge in [0.25, 0.3) is 0 Å². The molecule has 2 rings (SSSR count). The van der Waals surface area contributed by atoms with Gasteiger partial charge in [0, 0.05) is 24.9 Å². The van der Waals surface area contributed by atoms with Gasteiger partial charge in [-0.05, 0) is 34.0 Å². The van der Waals surface area contributed by atoms with E-state index in [9.17, 15) is 5.11 Å². The van der Waals surface area contributed by atoms with Crippen LogP contribution in [0.4, 0.5) is 0 Å². The van der Waals surface area contributed by atoms with E-state index in [0.717, 1.165) is 25.9 Å². The minimum atomic E-state index is -0.742. The maximum atomic E-state index is 10.9. The summed E-state index contributed by atoms with van der Waals surface area (Å²) in [6.45, 7) is 1.70. The Morgan fingerprint density at radius 2 is 2.06 bits per heavy atom. The second kappa shape index (κ2) is 5.61. The number of aliphatic hydroxyl groups is 1. The lowest BCUT2D eigenvalue weighted by atomic mass is 9.69. The van der Waals surface area contributed by atoms with E-state index in [2.05, 4.69) is 23.8 Å². The highest BCUT2D eigenvalue weighted by Crippen LogP contribution is 2.40. The van der Waals surface area contributed by atoms with Gasteiger partial charge in [-0.3, -0.25) is 4.90 Å². The van der Waals surface area contributed by atoms with Crippen LogP contribution in [0.1, 0.15) is 32.1 Å². The monoisotopic (exact) mass is 250 g/mol. The molecule has 2 aliphatic rings. The average Bonchev–Trinajstić information content (AvgIpc) is 2.34. The summed E-state index contributed by atoms with van der Waals surface area (Å²) < 4.78 is 0. The van der Waals surface area contributed by atoms with Gasteiger partial charge < -0.3 is 10.0 Å². The number of nitrogens with zero attached hydrogens (tertiary/aromatic N) is 2. The molecular formula is C15H26N2O. The maximum absolute atomic E-state index is 10.9. The molecule has 1 N–H and O–H groups in total. The lowest BCUT2D eigenvalue weighted by Crippen LogP contribution is -2.57. The number of hydrogen-bond acceptors (Lipinski definition) is 3. The fraction of sp³-hybridized carbons (Fsp3) is 0.867. The lowest BCUT2D eigenvalue weighted by molar-refractivity contribution is -0.0701. The Bertz CT molecular complexity index is 344. The molecule has 1 heterocycles. The molecule has 3 heteroatoms. The third kappa shape index (κ3) is 2.88. The van der Waals surface area contributed by atoms with Gasteiger partial charge in [-0.1, -0.05) is 24.7 Å². The first-order chi connectivity index (χ1) is 8.53. The molecule has 2 fully saturated rings. The third-order valence-electron chi connectivity index (χ3n) is 4.45. The molecule has 0 aromatic carbocycles. The van der Waals surface area contributed by atoms with E-state index in [0.29, 0.717) is 12.0 Å². The molecule has 3 atom stereocenters. The number of hydrogen-bond donors (Lipinski definition) is 1. The standard InChI is InChI=1S/C15H26N2O/c1-16(2)11-6-9-15(18)10-12-17(3)14-8-5-4-7-13(14)15/h13-14,18H,4-5,7-8,10-12H2,1-3H3/t13-,14-,15-/m0/s1. The second-order valence-corrected chi connectivity index (χ2v) is 6.15. The summed E-state index contributed by atoms with van der Waals surface area (Å²) >= 11 is 0. The molecule has 0 bridgehead atoms.